The lowest BCUT2D eigenvalue weighted by Crippen LogP contribution is -2.44. The fourth-order valence-electron chi connectivity index (χ4n) is 1.43. The van der Waals surface area contributed by atoms with Crippen LogP contribution < -0.4 is 5.32 Å². The summed E-state index contributed by atoms with van der Waals surface area (Å²) in [6.45, 7) is 3.08. The van der Waals surface area contributed by atoms with Gasteiger partial charge in [0, 0.05) is 0 Å². The minimum atomic E-state index is -1.77. The monoisotopic (exact) mass is 275 g/mol. The normalized spacial score (nSPS) is 12.3. The van der Waals surface area contributed by atoms with E-state index in [4.69, 9.17) is 5.11 Å². The number of hydrogen-bond donors (Lipinski definition) is 2. The Morgan fingerprint density at radius 1 is 1.16 bits per heavy atom. The number of rotatable bonds is 4. The molecular weight excluding hydrogens is 263 g/mol. The Morgan fingerprint density at radius 2 is 1.74 bits per heavy atom. The first-order chi connectivity index (χ1) is 8.75. The number of amides is 1. The summed E-state index contributed by atoms with van der Waals surface area (Å²) < 4.78 is 39.0. The molecule has 1 aromatic rings. The van der Waals surface area contributed by atoms with Crippen LogP contribution in [0.3, 0.4) is 0 Å². The highest BCUT2D eigenvalue weighted by Crippen LogP contribution is 2.15. The lowest BCUT2D eigenvalue weighted by atomic mass is 10.0. The van der Waals surface area contributed by atoms with Crippen LogP contribution in [-0.2, 0) is 4.79 Å². The van der Waals surface area contributed by atoms with Crippen LogP contribution in [0.4, 0.5) is 13.2 Å². The molecule has 0 aliphatic carbocycles. The summed E-state index contributed by atoms with van der Waals surface area (Å²) in [7, 11) is 0. The minimum Gasteiger partial charge on any atom is -0.480 e. The molecule has 1 amide bonds. The molecule has 0 saturated heterocycles. The fourth-order valence-corrected chi connectivity index (χ4v) is 1.43. The summed E-state index contributed by atoms with van der Waals surface area (Å²) in [5.41, 5.74) is -0.745. The van der Waals surface area contributed by atoms with Crippen LogP contribution in [0.1, 0.15) is 24.2 Å². The Labute approximate surface area is 107 Å². The molecule has 0 spiro atoms. The van der Waals surface area contributed by atoms with E-state index in [-0.39, 0.29) is 0 Å². The maximum atomic E-state index is 13.3. The summed E-state index contributed by atoms with van der Waals surface area (Å²) in [4.78, 5) is 22.5. The highest BCUT2D eigenvalue weighted by molar-refractivity contribution is 5.96. The molecule has 0 radical (unpaired) electrons. The van der Waals surface area contributed by atoms with Gasteiger partial charge in [0.1, 0.15) is 6.04 Å². The Morgan fingerprint density at radius 3 is 2.21 bits per heavy atom. The molecule has 0 bridgehead atoms. The van der Waals surface area contributed by atoms with Crippen molar-refractivity contribution in [2.75, 3.05) is 0 Å². The van der Waals surface area contributed by atoms with Crippen molar-refractivity contribution in [1.29, 1.82) is 0 Å². The summed E-state index contributed by atoms with van der Waals surface area (Å²) >= 11 is 0. The largest absolute Gasteiger partial charge is 0.480 e. The number of nitrogens with one attached hydrogen (secondary N) is 1. The van der Waals surface area contributed by atoms with Gasteiger partial charge in [-0.2, -0.15) is 0 Å². The second-order valence-electron chi connectivity index (χ2n) is 4.26. The van der Waals surface area contributed by atoms with Gasteiger partial charge in [0.15, 0.2) is 17.5 Å². The average molecular weight is 275 g/mol. The topological polar surface area (TPSA) is 66.4 Å². The minimum absolute atomic E-state index is 0.449. The number of aliphatic carboxylic acids is 1. The van der Waals surface area contributed by atoms with Gasteiger partial charge >= 0.3 is 5.97 Å². The fraction of sp³-hybridized carbons (Fsp3) is 0.333. The number of carboxylic acids is 1. The average Bonchev–Trinajstić information content (AvgIpc) is 2.32. The lowest BCUT2D eigenvalue weighted by molar-refractivity contribution is -0.140. The van der Waals surface area contributed by atoms with Crippen molar-refractivity contribution < 1.29 is 27.9 Å². The maximum Gasteiger partial charge on any atom is 0.326 e. The zero-order valence-corrected chi connectivity index (χ0v) is 10.2. The van der Waals surface area contributed by atoms with Crippen molar-refractivity contribution >= 4 is 11.9 Å². The summed E-state index contributed by atoms with van der Waals surface area (Å²) in [5.74, 6) is -7.71. The highest BCUT2D eigenvalue weighted by Gasteiger charge is 2.26. The molecule has 4 nitrogen and oxygen atoms in total. The zero-order chi connectivity index (χ0) is 14.7. The molecule has 0 aliphatic rings. The number of halogens is 3. The van der Waals surface area contributed by atoms with Crippen molar-refractivity contribution in [3.05, 3.63) is 35.1 Å². The molecule has 2 N–H and O–H groups in total. The quantitative estimate of drug-likeness (QED) is 0.825. The van der Waals surface area contributed by atoms with Gasteiger partial charge in [0.2, 0.25) is 0 Å². The maximum absolute atomic E-state index is 13.3. The van der Waals surface area contributed by atoms with E-state index in [2.05, 4.69) is 5.32 Å². The molecule has 104 valence electrons. The Kier molecular flexibility index (Phi) is 4.52. The first-order valence-corrected chi connectivity index (χ1v) is 5.42. The van der Waals surface area contributed by atoms with E-state index in [0.717, 1.165) is 6.07 Å². The standard InChI is InChI=1S/C12H12F3NO3/c1-5(2)10(12(18)19)16-11(17)6-3-4-7(13)9(15)8(6)14/h3-5,10H,1-2H3,(H,16,17)(H,18,19). The number of benzene rings is 1. The Bertz CT molecular complexity index is 517. The van der Waals surface area contributed by atoms with E-state index in [1.165, 1.54) is 0 Å². The van der Waals surface area contributed by atoms with Crippen LogP contribution >= 0.6 is 0 Å². The smallest absolute Gasteiger partial charge is 0.326 e. The molecule has 0 aromatic heterocycles. The van der Waals surface area contributed by atoms with Crippen LogP contribution in [-0.4, -0.2) is 23.0 Å². The molecule has 0 aliphatic heterocycles. The lowest BCUT2D eigenvalue weighted by Gasteiger charge is -2.18. The third kappa shape index (κ3) is 3.24. The van der Waals surface area contributed by atoms with Crippen molar-refractivity contribution in [2.45, 2.75) is 19.9 Å². The van der Waals surface area contributed by atoms with Crippen molar-refractivity contribution in [1.82, 2.24) is 5.32 Å². The SMILES string of the molecule is CC(C)C(NC(=O)c1ccc(F)c(F)c1F)C(=O)O. The Balaban J connectivity index is 3.02. The summed E-state index contributed by atoms with van der Waals surface area (Å²) in [5, 5.41) is 10.9. The van der Waals surface area contributed by atoms with E-state index in [9.17, 15) is 22.8 Å². The number of carboxylic acid groups (broad SMARTS) is 1. The van der Waals surface area contributed by atoms with Gasteiger partial charge in [0.05, 0.1) is 5.56 Å². The number of carbonyl (C=O) groups excluding carboxylic acids is 1. The second kappa shape index (κ2) is 5.73. The summed E-state index contributed by atoms with van der Waals surface area (Å²) in [6, 6.07) is 0.0980. The first kappa shape index (κ1) is 15.0. The first-order valence-electron chi connectivity index (χ1n) is 5.42. The molecule has 19 heavy (non-hydrogen) atoms. The molecule has 0 fully saturated rings. The van der Waals surface area contributed by atoms with Gasteiger partial charge in [-0.25, -0.2) is 18.0 Å². The molecule has 7 heteroatoms. The van der Waals surface area contributed by atoms with Gasteiger partial charge in [0.25, 0.3) is 5.91 Å². The van der Waals surface area contributed by atoms with Crippen LogP contribution in [0.2, 0.25) is 0 Å². The molecule has 1 aromatic carbocycles. The number of carbonyl (C=O) groups is 2. The molecule has 1 rings (SSSR count). The zero-order valence-electron chi connectivity index (χ0n) is 10.2. The van der Waals surface area contributed by atoms with E-state index in [1.807, 2.05) is 0 Å². The van der Waals surface area contributed by atoms with Crippen LogP contribution in [0.25, 0.3) is 0 Å². The van der Waals surface area contributed by atoms with Gasteiger partial charge < -0.3 is 10.4 Å². The van der Waals surface area contributed by atoms with Gasteiger partial charge in [-0.15, -0.1) is 0 Å². The van der Waals surface area contributed by atoms with E-state index in [1.54, 1.807) is 13.8 Å². The number of hydrogen-bond acceptors (Lipinski definition) is 2. The van der Waals surface area contributed by atoms with Crippen molar-refractivity contribution in [2.24, 2.45) is 5.92 Å². The molecule has 0 saturated carbocycles. The molecule has 1 atom stereocenters. The molecule has 1 unspecified atom stereocenters. The van der Waals surface area contributed by atoms with E-state index in [0.29, 0.717) is 6.07 Å². The van der Waals surface area contributed by atoms with Gasteiger partial charge in [-0.05, 0) is 18.1 Å². The summed E-state index contributed by atoms with van der Waals surface area (Å²) in [6.07, 6.45) is 0. The Hall–Kier alpha value is -2.05. The predicted octanol–water partition coefficient (Wildman–Crippen LogP) is 1.94. The third-order valence-electron chi connectivity index (χ3n) is 2.50. The van der Waals surface area contributed by atoms with E-state index < -0.39 is 46.9 Å². The third-order valence-corrected chi connectivity index (χ3v) is 2.50. The molecular formula is C12H12F3NO3. The highest BCUT2D eigenvalue weighted by atomic mass is 19.2. The van der Waals surface area contributed by atoms with Crippen LogP contribution in [0.15, 0.2) is 12.1 Å². The predicted molar refractivity (Wildman–Crippen MR) is 60.0 cm³/mol. The van der Waals surface area contributed by atoms with Crippen LogP contribution in [0.5, 0.6) is 0 Å². The van der Waals surface area contributed by atoms with E-state index >= 15 is 0 Å². The van der Waals surface area contributed by atoms with Crippen molar-refractivity contribution in [3.63, 3.8) is 0 Å². The van der Waals surface area contributed by atoms with Gasteiger partial charge in [-0.1, -0.05) is 13.8 Å². The van der Waals surface area contributed by atoms with Crippen molar-refractivity contribution in [3.8, 4) is 0 Å². The molecule has 0 heterocycles. The van der Waals surface area contributed by atoms with Gasteiger partial charge in [-0.3, -0.25) is 4.79 Å². The second-order valence-corrected chi connectivity index (χ2v) is 4.26. The van der Waals surface area contributed by atoms with Crippen LogP contribution in [0, 0.1) is 23.4 Å².